The fourth-order valence-electron chi connectivity index (χ4n) is 2.65. The highest BCUT2D eigenvalue weighted by atomic mass is 16.5. The quantitative estimate of drug-likeness (QED) is 0.316. The van der Waals surface area contributed by atoms with Crippen LogP contribution in [-0.2, 0) is 9.47 Å². The summed E-state index contributed by atoms with van der Waals surface area (Å²) >= 11 is 0. The molecule has 0 aromatic heterocycles. The third-order valence-electron chi connectivity index (χ3n) is 4.38. The molecule has 0 N–H and O–H groups in total. The Labute approximate surface area is 173 Å². The molecule has 5 heteroatoms. The van der Waals surface area contributed by atoms with Crippen LogP contribution in [0.4, 0.5) is 0 Å². The highest BCUT2D eigenvalue weighted by Gasteiger charge is 2.09. The largest absolute Gasteiger partial charge is 0.462 e. The van der Waals surface area contributed by atoms with E-state index in [0.29, 0.717) is 35.8 Å². The summed E-state index contributed by atoms with van der Waals surface area (Å²) in [5, 5.41) is 0. The van der Waals surface area contributed by atoms with Gasteiger partial charge in [0.05, 0.1) is 24.3 Å². The molecular weight excluding hydrogens is 368 g/mol. The Morgan fingerprint density at radius 2 is 1.00 bits per heavy atom. The Morgan fingerprint density at radius 1 is 0.621 bits per heavy atom. The van der Waals surface area contributed by atoms with Crippen LogP contribution in [0.2, 0.25) is 0 Å². The molecule has 0 aliphatic carbocycles. The number of benzene rings is 2. The smallest absolute Gasteiger partial charge is 0.338 e. The number of carbonyl (C=O) groups is 2. The van der Waals surface area contributed by atoms with E-state index in [0.717, 1.165) is 38.5 Å². The Kier molecular flexibility index (Phi) is 9.76. The monoisotopic (exact) mass is 398 g/mol. The van der Waals surface area contributed by atoms with Crippen LogP contribution >= 0.6 is 0 Å². The zero-order valence-electron chi connectivity index (χ0n) is 17.3. The molecule has 2 aromatic carbocycles. The Morgan fingerprint density at radius 3 is 1.34 bits per heavy atom. The lowest BCUT2D eigenvalue weighted by molar-refractivity contribution is 0.0489. The molecule has 0 bridgehead atoms. The third kappa shape index (κ3) is 7.98. The predicted octanol–water partition coefficient (Wildman–Crippen LogP) is 6.17. The van der Waals surface area contributed by atoms with Gasteiger partial charge in [-0.2, -0.15) is 0 Å². The van der Waals surface area contributed by atoms with Crippen LogP contribution in [0.25, 0.3) is 0 Å². The van der Waals surface area contributed by atoms with Gasteiger partial charge in [-0.1, -0.05) is 39.5 Å². The van der Waals surface area contributed by atoms with E-state index in [1.165, 1.54) is 0 Å². The first-order valence-electron chi connectivity index (χ1n) is 10.4. The fourth-order valence-corrected chi connectivity index (χ4v) is 2.65. The molecule has 0 spiro atoms. The van der Waals surface area contributed by atoms with Gasteiger partial charge < -0.3 is 14.2 Å². The highest BCUT2D eigenvalue weighted by Crippen LogP contribution is 2.22. The van der Waals surface area contributed by atoms with Crippen LogP contribution in [0.5, 0.6) is 11.5 Å². The summed E-state index contributed by atoms with van der Waals surface area (Å²) in [6.07, 6.45) is 6.04. The van der Waals surface area contributed by atoms with Gasteiger partial charge in [-0.25, -0.2) is 9.59 Å². The predicted molar refractivity (Wildman–Crippen MR) is 113 cm³/mol. The van der Waals surface area contributed by atoms with Crippen LogP contribution in [0.1, 0.15) is 73.1 Å². The average molecular weight is 398 g/mol. The van der Waals surface area contributed by atoms with Crippen molar-refractivity contribution in [2.45, 2.75) is 52.4 Å². The lowest BCUT2D eigenvalue weighted by atomic mass is 10.2. The second kappa shape index (κ2) is 12.6. The van der Waals surface area contributed by atoms with Gasteiger partial charge >= 0.3 is 11.9 Å². The number of esters is 2. The maximum atomic E-state index is 12.0. The SMILES string of the molecule is CCCCCOC(=O)c1ccc(Oc2ccc(C(=O)OCCCCC)cc2)cc1. The van der Waals surface area contributed by atoms with E-state index >= 15 is 0 Å². The van der Waals surface area contributed by atoms with Crippen molar-refractivity contribution >= 4 is 11.9 Å². The molecule has 0 atom stereocenters. The summed E-state index contributed by atoms with van der Waals surface area (Å²) in [4.78, 5) is 24.0. The van der Waals surface area contributed by atoms with Crippen molar-refractivity contribution in [3.8, 4) is 11.5 Å². The van der Waals surface area contributed by atoms with Crippen LogP contribution in [-0.4, -0.2) is 25.2 Å². The van der Waals surface area contributed by atoms with Gasteiger partial charge in [-0.15, -0.1) is 0 Å². The van der Waals surface area contributed by atoms with Crippen molar-refractivity contribution in [2.75, 3.05) is 13.2 Å². The summed E-state index contributed by atoms with van der Waals surface area (Å²) in [6.45, 7) is 5.10. The minimum atomic E-state index is -0.325. The van der Waals surface area contributed by atoms with E-state index in [2.05, 4.69) is 13.8 Å². The van der Waals surface area contributed by atoms with Gasteiger partial charge in [0.2, 0.25) is 0 Å². The molecule has 0 aliphatic rings. The summed E-state index contributed by atoms with van der Waals surface area (Å²) < 4.78 is 16.3. The minimum Gasteiger partial charge on any atom is -0.462 e. The van der Waals surface area contributed by atoms with Crippen molar-refractivity contribution in [3.05, 3.63) is 59.7 Å². The van der Waals surface area contributed by atoms with Gasteiger partial charge in [0.1, 0.15) is 11.5 Å². The number of ether oxygens (including phenoxy) is 3. The number of hydrogen-bond acceptors (Lipinski definition) is 5. The third-order valence-corrected chi connectivity index (χ3v) is 4.38. The zero-order chi connectivity index (χ0) is 20.9. The van der Waals surface area contributed by atoms with E-state index in [9.17, 15) is 9.59 Å². The van der Waals surface area contributed by atoms with Crippen molar-refractivity contribution in [1.82, 2.24) is 0 Å². The second-order valence-corrected chi connectivity index (χ2v) is 6.84. The maximum Gasteiger partial charge on any atom is 0.338 e. The summed E-state index contributed by atoms with van der Waals surface area (Å²) in [5.41, 5.74) is 0.991. The number of rotatable bonds is 12. The molecule has 2 rings (SSSR count). The highest BCUT2D eigenvalue weighted by molar-refractivity contribution is 5.90. The van der Waals surface area contributed by atoms with Crippen molar-refractivity contribution in [1.29, 1.82) is 0 Å². The lowest BCUT2D eigenvalue weighted by Gasteiger charge is -2.08. The van der Waals surface area contributed by atoms with Gasteiger partial charge in [-0.3, -0.25) is 0 Å². The zero-order valence-corrected chi connectivity index (χ0v) is 17.3. The fraction of sp³-hybridized carbons (Fsp3) is 0.417. The molecule has 0 saturated carbocycles. The van der Waals surface area contributed by atoms with Gasteiger partial charge in [0.25, 0.3) is 0 Å². The van der Waals surface area contributed by atoms with Crippen LogP contribution < -0.4 is 4.74 Å². The number of unbranched alkanes of at least 4 members (excludes halogenated alkanes) is 4. The number of hydrogen-bond donors (Lipinski definition) is 0. The topological polar surface area (TPSA) is 61.8 Å². The van der Waals surface area contributed by atoms with Crippen molar-refractivity contribution in [2.24, 2.45) is 0 Å². The van der Waals surface area contributed by atoms with Crippen molar-refractivity contribution in [3.63, 3.8) is 0 Å². The van der Waals surface area contributed by atoms with E-state index in [4.69, 9.17) is 14.2 Å². The molecule has 0 fully saturated rings. The molecule has 156 valence electrons. The molecule has 2 aromatic rings. The number of carbonyl (C=O) groups excluding carboxylic acids is 2. The van der Waals surface area contributed by atoms with Crippen LogP contribution in [0.3, 0.4) is 0 Å². The molecule has 5 nitrogen and oxygen atoms in total. The standard InChI is InChI=1S/C24H30O5/c1-3-5-7-17-27-23(25)19-9-13-21(14-10-19)29-22-15-11-20(12-16-22)24(26)28-18-8-6-4-2/h9-16H,3-8,17-18H2,1-2H3. The minimum absolute atomic E-state index is 0.325. The van der Waals surface area contributed by atoms with Gasteiger partial charge in [0, 0.05) is 0 Å². The molecular formula is C24H30O5. The van der Waals surface area contributed by atoms with E-state index in [1.54, 1.807) is 48.5 Å². The van der Waals surface area contributed by atoms with E-state index in [-0.39, 0.29) is 11.9 Å². The maximum absolute atomic E-state index is 12.0. The molecule has 29 heavy (non-hydrogen) atoms. The molecule has 0 radical (unpaired) electrons. The van der Waals surface area contributed by atoms with Crippen LogP contribution in [0.15, 0.2) is 48.5 Å². The molecule has 0 saturated heterocycles. The molecule has 0 aliphatic heterocycles. The van der Waals surface area contributed by atoms with Crippen LogP contribution in [0, 0.1) is 0 Å². The molecule has 0 heterocycles. The van der Waals surface area contributed by atoms with E-state index in [1.807, 2.05) is 0 Å². The Balaban J connectivity index is 1.83. The van der Waals surface area contributed by atoms with Crippen molar-refractivity contribution < 1.29 is 23.8 Å². The first kappa shape index (κ1) is 22.5. The summed E-state index contributed by atoms with van der Waals surface area (Å²) in [6, 6.07) is 13.6. The normalized spacial score (nSPS) is 10.4. The second-order valence-electron chi connectivity index (χ2n) is 6.84. The first-order valence-corrected chi connectivity index (χ1v) is 10.4. The van der Waals surface area contributed by atoms with E-state index < -0.39 is 0 Å². The van der Waals surface area contributed by atoms with Gasteiger partial charge in [-0.05, 0) is 61.4 Å². The molecule has 0 amide bonds. The first-order chi connectivity index (χ1) is 14.1. The summed E-state index contributed by atoms with van der Waals surface area (Å²) in [5.74, 6) is 0.550. The Hall–Kier alpha value is -2.82. The van der Waals surface area contributed by atoms with Gasteiger partial charge in [0.15, 0.2) is 0 Å². The average Bonchev–Trinajstić information content (AvgIpc) is 2.75. The lowest BCUT2D eigenvalue weighted by Crippen LogP contribution is -2.06. The Bertz CT molecular complexity index is 684. The molecule has 0 unspecified atom stereocenters. The summed E-state index contributed by atoms with van der Waals surface area (Å²) in [7, 11) is 0.